The standard InChI is InChI=1S/C13H14BrN3O2/c1-9(2)11-5-3-10(4-6-11)7-16-8-12(14)13(15-16)17(18)19/h3-6,8-9H,7H2,1-2H3. The van der Waals surface area contributed by atoms with Gasteiger partial charge in [0.25, 0.3) is 0 Å². The molecule has 2 rings (SSSR count). The molecule has 0 aliphatic rings. The second kappa shape index (κ2) is 5.52. The minimum absolute atomic E-state index is 0.154. The minimum Gasteiger partial charge on any atom is -0.358 e. The summed E-state index contributed by atoms with van der Waals surface area (Å²) in [4.78, 5) is 10.2. The Labute approximate surface area is 119 Å². The van der Waals surface area contributed by atoms with Crippen LogP contribution in [-0.2, 0) is 6.54 Å². The topological polar surface area (TPSA) is 61.0 Å². The first kappa shape index (κ1) is 13.7. The van der Waals surface area contributed by atoms with Crippen molar-refractivity contribution in [2.24, 2.45) is 0 Å². The van der Waals surface area contributed by atoms with Crippen LogP contribution in [-0.4, -0.2) is 14.7 Å². The Morgan fingerprint density at radius 2 is 2.00 bits per heavy atom. The van der Waals surface area contributed by atoms with E-state index in [1.807, 2.05) is 12.1 Å². The lowest BCUT2D eigenvalue weighted by Crippen LogP contribution is -2.01. The Morgan fingerprint density at radius 3 is 2.47 bits per heavy atom. The number of nitro groups is 1. The number of hydrogen-bond donors (Lipinski definition) is 0. The van der Waals surface area contributed by atoms with Crippen LogP contribution in [0.4, 0.5) is 5.82 Å². The molecular formula is C13H14BrN3O2. The lowest BCUT2D eigenvalue weighted by Gasteiger charge is -2.05. The normalized spacial score (nSPS) is 10.9. The molecule has 0 atom stereocenters. The number of benzene rings is 1. The predicted molar refractivity (Wildman–Crippen MR) is 76.2 cm³/mol. The second-order valence-electron chi connectivity index (χ2n) is 4.65. The zero-order chi connectivity index (χ0) is 14.0. The largest absolute Gasteiger partial charge is 0.404 e. The van der Waals surface area contributed by atoms with Gasteiger partial charge in [0, 0.05) is 0 Å². The monoisotopic (exact) mass is 323 g/mol. The SMILES string of the molecule is CC(C)c1ccc(Cn2cc(Br)c([N+](=O)[O-])n2)cc1. The molecule has 0 spiro atoms. The van der Waals surface area contributed by atoms with Crippen LogP contribution in [0, 0.1) is 10.1 Å². The molecular weight excluding hydrogens is 310 g/mol. The number of halogens is 1. The van der Waals surface area contributed by atoms with E-state index >= 15 is 0 Å². The summed E-state index contributed by atoms with van der Waals surface area (Å²) in [6, 6.07) is 8.20. The van der Waals surface area contributed by atoms with E-state index in [0.29, 0.717) is 16.9 Å². The van der Waals surface area contributed by atoms with Gasteiger partial charge in [0.05, 0.1) is 17.8 Å². The van der Waals surface area contributed by atoms with Crippen molar-refractivity contribution >= 4 is 21.7 Å². The zero-order valence-electron chi connectivity index (χ0n) is 10.7. The average molecular weight is 324 g/mol. The molecule has 0 fully saturated rings. The van der Waals surface area contributed by atoms with E-state index < -0.39 is 4.92 Å². The van der Waals surface area contributed by atoms with Crippen LogP contribution >= 0.6 is 15.9 Å². The summed E-state index contributed by atoms with van der Waals surface area (Å²) in [5, 5.41) is 14.6. The molecule has 0 amide bonds. The van der Waals surface area contributed by atoms with Gasteiger partial charge >= 0.3 is 5.82 Å². The quantitative estimate of drug-likeness (QED) is 0.636. The van der Waals surface area contributed by atoms with Crippen LogP contribution in [0.5, 0.6) is 0 Å². The molecule has 0 aliphatic heterocycles. The third kappa shape index (κ3) is 3.20. The third-order valence-electron chi connectivity index (χ3n) is 2.86. The first-order valence-electron chi connectivity index (χ1n) is 5.93. The highest BCUT2D eigenvalue weighted by atomic mass is 79.9. The van der Waals surface area contributed by atoms with Crippen molar-refractivity contribution in [1.29, 1.82) is 0 Å². The number of rotatable bonds is 4. The molecule has 0 saturated carbocycles. The summed E-state index contributed by atoms with van der Waals surface area (Å²) in [7, 11) is 0. The van der Waals surface area contributed by atoms with Gasteiger partial charge in [-0.05, 0) is 37.9 Å². The summed E-state index contributed by atoms with van der Waals surface area (Å²) in [6.07, 6.45) is 1.62. The molecule has 6 heteroatoms. The maximum Gasteiger partial charge on any atom is 0.404 e. The van der Waals surface area contributed by atoms with Crippen molar-refractivity contribution in [3.8, 4) is 0 Å². The number of hydrogen-bond acceptors (Lipinski definition) is 3. The van der Waals surface area contributed by atoms with Crippen molar-refractivity contribution in [3.05, 3.63) is 56.2 Å². The van der Waals surface area contributed by atoms with Gasteiger partial charge in [-0.1, -0.05) is 38.1 Å². The van der Waals surface area contributed by atoms with E-state index in [0.717, 1.165) is 5.56 Å². The van der Waals surface area contributed by atoms with E-state index in [4.69, 9.17) is 0 Å². The highest BCUT2D eigenvalue weighted by Gasteiger charge is 2.18. The first-order chi connectivity index (χ1) is 8.97. The van der Waals surface area contributed by atoms with Crippen LogP contribution in [0.2, 0.25) is 0 Å². The molecule has 0 aliphatic carbocycles. The van der Waals surface area contributed by atoms with Crippen LogP contribution in [0.15, 0.2) is 34.9 Å². The molecule has 100 valence electrons. The van der Waals surface area contributed by atoms with Crippen LogP contribution < -0.4 is 0 Å². The summed E-state index contributed by atoms with van der Waals surface area (Å²) < 4.78 is 1.96. The molecule has 0 unspecified atom stereocenters. The Balaban J connectivity index is 2.17. The lowest BCUT2D eigenvalue weighted by atomic mass is 10.0. The van der Waals surface area contributed by atoms with Crippen molar-refractivity contribution in [3.63, 3.8) is 0 Å². The third-order valence-corrected chi connectivity index (χ3v) is 3.42. The first-order valence-corrected chi connectivity index (χ1v) is 6.73. The maximum absolute atomic E-state index is 10.7. The second-order valence-corrected chi connectivity index (χ2v) is 5.51. The Bertz CT molecular complexity index is 590. The molecule has 1 heterocycles. The van der Waals surface area contributed by atoms with E-state index in [9.17, 15) is 10.1 Å². The molecule has 1 aromatic heterocycles. The van der Waals surface area contributed by atoms with Gasteiger partial charge in [-0.2, -0.15) is 4.68 Å². The van der Waals surface area contributed by atoms with Crippen molar-refractivity contribution in [1.82, 2.24) is 9.78 Å². The summed E-state index contributed by atoms with van der Waals surface area (Å²) in [6.45, 7) is 4.80. The molecule has 0 saturated heterocycles. The summed E-state index contributed by atoms with van der Waals surface area (Å²) in [5.41, 5.74) is 2.34. The van der Waals surface area contributed by atoms with Gasteiger partial charge in [-0.15, -0.1) is 0 Å². The van der Waals surface area contributed by atoms with Crippen molar-refractivity contribution in [2.75, 3.05) is 0 Å². The summed E-state index contributed by atoms with van der Waals surface area (Å²) in [5.74, 6) is 0.341. The van der Waals surface area contributed by atoms with Gasteiger partial charge in [0.15, 0.2) is 0 Å². The van der Waals surface area contributed by atoms with Crippen LogP contribution in [0.25, 0.3) is 0 Å². The van der Waals surface area contributed by atoms with E-state index in [2.05, 4.69) is 47.0 Å². The highest BCUT2D eigenvalue weighted by molar-refractivity contribution is 9.10. The molecule has 1 aromatic carbocycles. The molecule has 2 aromatic rings. The van der Waals surface area contributed by atoms with Gasteiger partial charge in [-0.25, -0.2) is 0 Å². The van der Waals surface area contributed by atoms with E-state index in [-0.39, 0.29) is 5.82 Å². The lowest BCUT2D eigenvalue weighted by molar-refractivity contribution is -0.390. The van der Waals surface area contributed by atoms with Gasteiger partial charge in [-0.3, -0.25) is 0 Å². The average Bonchev–Trinajstić information content (AvgIpc) is 2.71. The smallest absolute Gasteiger partial charge is 0.358 e. The number of aromatic nitrogens is 2. The minimum atomic E-state index is -0.498. The molecule has 0 radical (unpaired) electrons. The molecule has 0 bridgehead atoms. The Hall–Kier alpha value is -1.69. The fourth-order valence-electron chi connectivity index (χ4n) is 1.79. The fraction of sp³-hybridized carbons (Fsp3) is 0.308. The van der Waals surface area contributed by atoms with Gasteiger partial charge < -0.3 is 10.1 Å². The van der Waals surface area contributed by atoms with Crippen LogP contribution in [0.1, 0.15) is 30.9 Å². The molecule has 19 heavy (non-hydrogen) atoms. The van der Waals surface area contributed by atoms with E-state index in [1.54, 1.807) is 10.9 Å². The Morgan fingerprint density at radius 1 is 1.37 bits per heavy atom. The number of nitrogens with zero attached hydrogens (tertiary/aromatic N) is 3. The van der Waals surface area contributed by atoms with Crippen LogP contribution in [0.3, 0.4) is 0 Å². The van der Waals surface area contributed by atoms with Gasteiger partial charge in [0.2, 0.25) is 0 Å². The Kier molecular flexibility index (Phi) is 3.99. The predicted octanol–water partition coefficient (Wildman–Crippen LogP) is 3.73. The van der Waals surface area contributed by atoms with E-state index in [1.165, 1.54) is 5.56 Å². The van der Waals surface area contributed by atoms with Crippen molar-refractivity contribution in [2.45, 2.75) is 26.3 Å². The molecule has 5 nitrogen and oxygen atoms in total. The highest BCUT2D eigenvalue weighted by Crippen LogP contribution is 2.22. The van der Waals surface area contributed by atoms with Crippen molar-refractivity contribution < 1.29 is 4.92 Å². The zero-order valence-corrected chi connectivity index (χ0v) is 12.3. The fourth-order valence-corrected chi connectivity index (χ4v) is 2.25. The van der Waals surface area contributed by atoms with Gasteiger partial charge in [0.1, 0.15) is 4.47 Å². The maximum atomic E-state index is 10.7. The summed E-state index contributed by atoms with van der Waals surface area (Å²) >= 11 is 3.14. The molecule has 0 N–H and O–H groups in total.